The Balaban J connectivity index is 1.38. The van der Waals surface area contributed by atoms with Gasteiger partial charge in [0.1, 0.15) is 5.82 Å². The molecule has 1 N–H and O–H groups in total. The maximum Gasteiger partial charge on any atom is 0.255 e. The van der Waals surface area contributed by atoms with Crippen molar-refractivity contribution in [2.24, 2.45) is 0 Å². The molecule has 0 aliphatic carbocycles. The number of benzene rings is 1. The minimum Gasteiger partial charge on any atom is -0.481 e. The van der Waals surface area contributed by atoms with Crippen molar-refractivity contribution in [1.82, 2.24) is 19.4 Å². The van der Waals surface area contributed by atoms with Crippen LogP contribution in [-0.4, -0.2) is 45.6 Å². The Morgan fingerprint density at radius 2 is 1.91 bits per heavy atom. The molecule has 0 saturated carbocycles. The number of amides is 1. The first-order valence-corrected chi connectivity index (χ1v) is 10.2. The van der Waals surface area contributed by atoms with Gasteiger partial charge in [-0.15, -0.1) is 0 Å². The Hall–Kier alpha value is -4.04. The fourth-order valence-electron chi connectivity index (χ4n) is 3.58. The lowest BCUT2D eigenvalue weighted by Gasteiger charge is -2.13. The standard InChI is InChI=1S/C24H21N5O3/c1-31-22-7-6-19(12-26-22)28-24(30)18-4-2-17(3-5-18)23-27-14-20-13-25-21(15-29(20)23)16-8-10-32-11-9-16/h2-8,12-15H,9-11H2,1H3,(H,28,30). The van der Waals surface area contributed by atoms with Gasteiger partial charge in [-0.1, -0.05) is 18.2 Å². The van der Waals surface area contributed by atoms with Gasteiger partial charge < -0.3 is 14.8 Å². The Morgan fingerprint density at radius 1 is 1.06 bits per heavy atom. The number of hydrogen-bond acceptors (Lipinski definition) is 6. The van der Waals surface area contributed by atoms with Crippen molar-refractivity contribution < 1.29 is 14.3 Å². The van der Waals surface area contributed by atoms with E-state index in [2.05, 4.69) is 26.3 Å². The molecule has 4 aromatic rings. The molecule has 0 unspecified atom stereocenters. The summed E-state index contributed by atoms with van der Waals surface area (Å²) in [5.74, 6) is 1.07. The summed E-state index contributed by atoms with van der Waals surface area (Å²) in [6.07, 6.45) is 10.1. The highest BCUT2D eigenvalue weighted by Crippen LogP contribution is 2.24. The number of fused-ring (bicyclic) bond motifs is 1. The third kappa shape index (κ3) is 3.95. The van der Waals surface area contributed by atoms with E-state index in [4.69, 9.17) is 9.47 Å². The van der Waals surface area contributed by atoms with Crippen LogP contribution < -0.4 is 10.1 Å². The average Bonchev–Trinajstić information content (AvgIpc) is 3.28. The number of anilines is 1. The van der Waals surface area contributed by atoms with Crippen molar-refractivity contribution in [2.45, 2.75) is 6.42 Å². The number of hydrogen-bond donors (Lipinski definition) is 1. The molecule has 0 saturated heterocycles. The van der Waals surface area contributed by atoms with Crippen LogP contribution in [0.3, 0.4) is 0 Å². The third-order valence-electron chi connectivity index (χ3n) is 5.31. The fraction of sp³-hybridized carbons (Fsp3) is 0.167. The minimum absolute atomic E-state index is 0.213. The molecule has 0 spiro atoms. The van der Waals surface area contributed by atoms with Gasteiger partial charge in [0.2, 0.25) is 5.88 Å². The lowest BCUT2D eigenvalue weighted by Crippen LogP contribution is -2.12. The first kappa shape index (κ1) is 19.9. The molecule has 32 heavy (non-hydrogen) atoms. The van der Waals surface area contributed by atoms with Gasteiger partial charge in [0.25, 0.3) is 5.91 Å². The number of carbonyl (C=O) groups excluding carboxylic acids is 1. The molecule has 8 nitrogen and oxygen atoms in total. The number of nitrogens with zero attached hydrogens (tertiary/aromatic N) is 4. The van der Waals surface area contributed by atoms with Crippen LogP contribution in [0.4, 0.5) is 5.69 Å². The van der Waals surface area contributed by atoms with E-state index in [9.17, 15) is 4.79 Å². The largest absolute Gasteiger partial charge is 0.481 e. The maximum atomic E-state index is 12.6. The number of methoxy groups -OCH3 is 1. The van der Waals surface area contributed by atoms with Crippen LogP contribution in [0.15, 0.2) is 67.3 Å². The van der Waals surface area contributed by atoms with Crippen LogP contribution in [-0.2, 0) is 4.74 Å². The number of ether oxygens (including phenoxy) is 2. The predicted octanol–water partition coefficient (Wildman–Crippen LogP) is 3.86. The number of nitrogens with one attached hydrogen (secondary N) is 1. The van der Waals surface area contributed by atoms with Crippen molar-refractivity contribution in [3.05, 3.63) is 78.5 Å². The van der Waals surface area contributed by atoms with E-state index >= 15 is 0 Å². The van der Waals surface area contributed by atoms with Gasteiger partial charge in [-0.2, -0.15) is 0 Å². The van der Waals surface area contributed by atoms with Crippen molar-refractivity contribution in [2.75, 3.05) is 25.6 Å². The van der Waals surface area contributed by atoms with E-state index in [1.165, 1.54) is 5.57 Å². The SMILES string of the molecule is COc1ccc(NC(=O)c2ccc(-c3ncc4cnc(C5=CCOCC5)cn34)cc2)cn1. The van der Waals surface area contributed by atoms with E-state index < -0.39 is 0 Å². The van der Waals surface area contributed by atoms with Crippen LogP contribution in [0.5, 0.6) is 5.88 Å². The third-order valence-corrected chi connectivity index (χ3v) is 5.31. The number of imidazole rings is 1. The second-order valence-electron chi connectivity index (χ2n) is 7.32. The highest BCUT2D eigenvalue weighted by atomic mass is 16.5. The Morgan fingerprint density at radius 3 is 2.62 bits per heavy atom. The molecule has 0 atom stereocenters. The highest BCUT2D eigenvalue weighted by molar-refractivity contribution is 6.04. The first-order chi connectivity index (χ1) is 15.7. The van der Waals surface area contributed by atoms with Crippen LogP contribution in [0, 0.1) is 0 Å². The van der Waals surface area contributed by atoms with E-state index in [1.807, 2.05) is 28.9 Å². The quantitative estimate of drug-likeness (QED) is 0.520. The molecular weight excluding hydrogens is 406 g/mol. The van der Waals surface area contributed by atoms with Gasteiger partial charge in [0.05, 0.1) is 55.8 Å². The second kappa shape index (κ2) is 8.60. The molecule has 8 heteroatoms. The monoisotopic (exact) mass is 427 g/mol. The van der Waals surface area contributed by atoms with Crippen molar-refractivity contribution in [3.63, 3.8) is 0 Å². The van der Waals surface area contributed by atoms with Crippen molar-refractivity contribution >= 4 is 22.7 Å². The summed E-state index contributed by atoms with van der Waals surface area (Å²) in [5, 5.41) is 2.83. The molecule has 4 heterocycles. The molecule has 160 valence electrons. The zero-order chi connectivity index (χ0) is 21.9. The molecule has 1 aliphatic rings. The molecule has 3 aromatic heterocycles. The van der Waals surface area contributed by atoms with Gasteiger partial charge in [-0.25, -0.2) is 9.97 Å². The summed E-state index contributed by atoms with van der Waals surface area (Å²) >= 11 is 0. The van der Waals surface area contributed by atoms with Crippen LogP contribution in [0.25, 0.3) is 22.5 Å². The minimum atomic E-state index is -0.213. The van der Waals surface area contributed by atoms with Crippen LogP contribution in [0.1, 0.15) is 22.5 Å². The molecule has 1 aromatic carbocycles. The Kier molecular flexibility index (Phi) is 5.35. The van der Waals surface area contributed by atoms with Gasteiger partial charge in [-0.3, -0.25) is 14.2 Å². The number of pyridine rings is 1. The summed E-state index contributed by atoms with van der Waals surface area (Å²) in [5.41, 5.74) is 5.06. The van der Waals surface area contributed by atoms with Gasteiger partial charge in [0, 0.05) is 23.4 Å². The van der Waals surface area contributed by atoms with E-state index in [-0.39, 0.29) is 5.91 Å². The number of rotatable bonds is 5. The predicted molar refractivity (Wildman–Crippen MR) is 121 cm³/mol. The molecule has 1 aliphatic heterocycles. The maximum absolute atomic E-state index is 12.6. The number of aromatic nitrogens is 4. The Bertz CT molecular complexity index is 1290. The fourth-order valence-corrected chi connectivity index (χ4v) is 3.58. The normalized spacial score (nSPS) is 13.6. The van der Waals surface area contributed by atoms with E-state index in [1.54, 1.807) is 43.8 Å². The smallest absolute Gasteiger partial charge is 0.255 e. The molecule has 0 fully saturated rings. The van der Waals surface area contributed by atoms with E-state index in [0.29, 0.717) is 30.3 Å². The topological polar surface area (TPSA) is 90.6 Å². The Labute approximate surface area is 184 Å². The molecule has 5 rings (SSSR count). The van der Waals surface area contributed by atoms with Gasteiger partial charge in [-0.05, 0) is 30.2 Å². The zero-order valence-electron chi connectivity index (χ0n) is 17.5. The first-order valence-electron chi connectivity index (χ1n) is 10.2. The summed E-state index contributed by atoms with van der Waals surface area (Å²) in [6, 6.07) is 10.8. The van der Waals surface area contributed by atoms with Crippen LogP contribution >= 0.6 is 0 Å². The summed E-state index contributed by atoms with van der Waals surface area (Å²) < 4.78 is 12.5. The lowest BCUT2D eigenvalue weighted by molar-refractivity contribution is 0.102. The molecule has 1 amide bonds. The van der Waals surface area contributed by atoms with E-state index in [0.717, 1.165) is 29.0 Å². The highest BCUT2D eigenvalue weighted by Gasteiger charge is 2.13. The van der Waals surface area contributed by atoms with Gasteiger partial charge >= 0.3 is 0 Å². The molecule has 0 bridgehead atoms. The average molecular weight is 427 g/mol. The van der Waals surface area contributed by atoms with Gasteiger partial charge in [0.15, 0.2) is 0 Å². The molecular formula is C24H21N5O3. The van der Waals surface area contributed by atoms with Crippen LogP contribution in [0.2, 0.25) is 0 Å². The lowest BCUT2D eigenvalue weighted by atomic mass is 10.1. The summed E-state index contributed by atoms with van der Waals surface area (Å²) in [7, 11) is 1.55. The van der Waals surface area contributed by atoms with Crippen molar-refractivity contribution in [3.8, 4) is 17.3 Å². The second-order valence-corrected chi connectivity index (χ2v) is 7.32. The van der Waals surface area contributed by atoms with Crippen molar-refractivity contribution in [1.29, 1.82) is 0 Å². The zero-order valence-corrected chi connectivity index (χ0v) is 17.5. The molecule has 0 radical (unpaired) electrons. The number of carbonyl (C=O) groups is 1. The summed E-state index contributed by atoms with van der Waals surface area (Å²) in [6.45, 7) is 1.32. The summed E-state index contributed by atoms with van der Waals surface area (Å²) in [4.78, 5) is 25.8.